The number of phenols is 3. The van der Waals surface area contributed by atoms with Crippen molar-refractivity contribution in [1.82, 2.24) is 0 Å². The van der Waals surface area contributed by atoms with E-state index >= 15 is 0 Å². The maximum atomic E-state index is 12.4. The lowest BCUT2D eigenvalue weighted by molar-refractivity contribution is 0.452. The molecule has 1 heterocycles. The summed E-state index contributed by atoms with van der Waals surface area (Å²) in [5, 5.41) is 29.2. The molecular weight excluding hydrogens is 284 g/mol. The molecule has 0 saturated heterocycles. The van der Waals surface area contributed by atoms with Crippen LogP contribution >= 0.6 is 0 Å². The summed E-state index contributed by atoms with van der Waals surface area (Å²) in [6.45, 7) is 3.35. The smallest absolute Gasteiger partial charge is 0.199 e. The molecule has 3 aromatic rings. The van der Waals surface area contributed by atoms with E-state index in [-0.39, 0.29) is 39.4 Å². The van der Waals surface area contributed by atoms with Crippen LogP contribution in [0.4, 0.5) is 0 Å². The van der Waals surface area contributed by atoms with Gasteiger partial charge in [0.05, 0.1) is 0 Å². The lowest BCUT2D eigenvalue weighted by Crippen LogP contribution is -2.07. The van der Waals surface area contributed by atoms with Gasteiger partial charge in [-0.25, -0.2) is 0 Å². The Morgan fingerprint density at radius 2 is 1.68 bits per heavy atom. The number of fused-ring (bicyclic) bond motifs is 1. The van der Waals surface area contributed by atoms with E-state index < -0.39 is 0 Å². The Morgan fingerprint density at radius 3 is 2.36 bits per heavy atom. The number of aryl methyl sites for hydroxylation is 1. The number of aromatic hydroxyl groups is 3. The maximum absolute atomic E-state index is 12.4. The molecule has 5 nitrogen and oxygen atoms in total. The maximum Gasteiger partial charge on any atom is 0.199 e. The molecule has 0 fully saturated rings. The molecule has 5 heteroatoms. The van der Waals surface area contributed by atoms with Gasteiger partial charge in [-0.2, -0.15) is 0 Å². The van der Waals surface area contributed by atoms with Crippen molar-refractivity contribution in [3.8, 4) is 28.6 Å². The Morgan fingerprint density at radius 1 is 0.955 bits per heavy atom. The fourth-order valence-electron chi connectivity index (χ4n) is 2.40. The first-order valence-electron chi connectivity index (χ1n) is 6.68. The van der Waals surface area contributed by atoms with Gasteiger partial charge in [0, 0.05) is 23.3 Å². The van der Waals surface area contributed by atoms with Crippen LogP contribution in [0.15, 0.2) is 39.5 Å². The molecule has 0 unspecified atom stereocenters. The van der Waals surface area contributed by atoms with E-state index in [0.29, 0.717) is 16.7 Å². The van der Waals surface area contributed by atoms with E-state index in [9.17, 15) is 20.1 Å². The lowest BCUT2D eigenvalue weighted by Gasteiger charge is -2.09. The monoisotopic (exact) mass is 298 g/mol. The molecule has 0 bridgehead atoms. The summed E-state index contributed by atoms with van der Waals surface area (Å²) < 4.78 is 5.68. The van der Waals surface area contributed by atoms with E-state index in [1.54, 1.807) is 26.0 Å². The summed E-state index contributed by atoms with van der Waals surface area (Å²) in [6, 6.07) is 7.32. The van der Waals surface area contributed by atoms with E-state index in [1.807, 2.05) is 0 Å². The van der Waals surface area contributed by atoms with Gasteiger partial charge in [0.25, 0.3) is 0 Å². The van der Waals surface area contributed by atoms with Crippen LogP contribution in [-0.2, 0) is 0 Å². The predicted octanol–water partition coefficient (Wildman–Crippen LogP) is 3.19. The summed E-state index contributed by atoms with van der Waals surface area (Å²) >= 11 is 0. The summed E-state index contributed by atoms with van der Waals surface area (Å²) in [4.78, 5) is 12.4. The zero-order valence-corrected chi connectivity index (χ0v) is 12.0. The molecule has 0 aliphatic rings. The Kier molecular flexibility index (Phi) is 3.06. The van der Waals surface area contributed by atoms with Crippen LogP contribution in [0.1, 0.15) is 11.1 Å². The molecule has 0 saturated carbocycles. The van der Waals surface area contributed by atoms with Crippen LogP contribution in [0.3, 0.4) is 0 Å². The molecule has 22 heavy (non-hydrogen) atoms. The van der Waals surface area contributed by atoms with Gasteiger partial charge in [-0.05, 0) is 25.5 Å². The highest BCUT2D eigenvalue weighted by Gasteiger charge is 2.16. The summed E-state index contributed by atoms with van der Waals surface area (Å²) in [7, 11) is 0. The molecule has 3 N–H and O–H groups in total. The van der Waals surface area contributed by atoms with Crippen LogP contribution in [0.25, 0.3) is 22.3 Å². The fraction of sp³-hybridized carbons (Fsp3) is 0.118. The van der Waals surface area contributed by atoms with Gasteiger partial charge in [0.15, 0.2) is 5.43 Å². The second-order valence-electron chi connectivity index (χ2n) is 5.22. The van der Waals surface area contributed by atoms with E-state index in [0.717, 1.165) is 6.07 Å². The van der Waals surface area contributed by atoms with Crippen LogP contribution in [0.2, 0.25) is 0 Å². The molecule has 0 spiro atoms. The van der Waals surface area contributed by atoms with Crippen LogP contribution in [0, 0.1) is 13.8 Å². The van der Waals surface area contributed by atoms with Crippen molar-refractivity contribution in [2.75, 3.05) is 0 Å². The lowest BCUT2D eigenvalue weighted by atomic mass is 10.0. The number of hydrogen-bond acceptors (Lipinski definition) is 5. The van der Waals surface area contributed by atoms with Crippen LogP contribution in [-0.4, -0.2) is 15.3 Å². The molecule has 0 radical (unpaired) electrons. The predicted molar refractivity (Wildman–Crippen MR) is 82.4 cm³/mol. The van der Waals surface area contributed by atoms with Crippen molar-refractivity contribution in [3.63, 3.8) is 0 Å². The van der Waals surface area contributed by atoms with Crippen LogP contribution in [0.5, 0.6) is 17.2 Å². The molecule has 0 amide bonds. The van der Waals surface area contributed by atoms with Crippen LogP contribution < -0.4 is 5.43 Å². The van der Waals surface area contributed by atoms with Gasteiger partial charge in [0.1, 0.15) is 34.0 Å². The average molecular weight is 298 g/mol. The van der Waals surface area contributed by atoms with Crippen molar-refractivity contribution >= 4 is 11.0 Å². The summed E-state index contributed by atoms with van der Waals surface area (Å²) in [6.07, 6.45) is 0. The third-order valence-electron chi connectivity index (χ3n) is 3.66. The molecular formula is C17H14O5. The second kappa shape index (κ2) is 4.80. The highest BCUT2D eigenvalue weighted by atomic mass is 16.3. The number of benzene rings is 2. The minimum absolute atomic E-state index is 0.0235. The molecule has 0 atom stereocenters. The number of rotatable bonds is 1. The summed E-state index contributed by atoms with van der Waals surface area (Å²) in [5.74, 6) is -0.143. The van der Waals surface area contributed by atoms with Crippen molar-refractivity contribution in [3.05, 3.63) is 51.7 Å². The van der Waals surface area contributed by atoms with Gasteiger partial charge >= 0.3 is 0 Å². The van der Waals surface area contributed by atoms with Crippen molar-refractivity contribution in [2.45, 2.75) is 13.8 Å². The van der Waals surface area contributed by atoms with Gasteiger partial charge in [-0.1, -0.05) is 12.1 Å². The molecule has 2 aromatic carbocycles. The topological polar surface area (TPSA) is 90.9 Å². The minimum atomic E-state index is -0.381. The standard InChI is InChI=1S/C17H14O5/c1-8-3-4-10(5-12(8)19)17-9(2)16(21)15-13(20)6-11(18)7-14(15)22-17/h3-7,18-20H,1-2H3. The Balaban J connectivity index is 2.38. The quantitative estimate of drug-likeness (QED) is 0.642. The van der Waals surface area contributed by atoms with Gasteiger partial charge in [-0.15, -0.1) is 0 Å². The SMILES string of the molecule is Cc1ccc(-c2oc3cc(O)cc(O)c3c(=O)c2C)cc1O. The summed E-state index contributed by atoms with van der Waals surface area (Å²) in [5.41, 5.74) is 1.27. The highest BCUT2D eigenvalue weighted by Crippen LogP contribution is 2.33. The van der Waals surface area contributed by atoms with E-state index in [4.69, 9.17) is 4.42 Å². The third-order valence-corrected chi connectivity index (χ3v) is 3.66. The molecule has 3 rings (SSSR count). The zero-order valence-electron chi connectivity index (χ0n) is 12.0. The molecule has 0 aliphatic carbocycles. The Hall–Kier alpha value is -2.95. The minimum Gasteiger partial charge on any atom is -0.508 e. The first-order chi connectivity index (χ1) is 10.4. The van der Waals surface area contributed by atoms with E-state index in [2.05, 4.69) is 0 Å². The average Bonchev–Trinajstić information content (AvgIpc) is 2.45. The fourth-order valence-corrected chi connectivity index (χ4v) is 2.40. The number of hydrogen-bond donors (Lipinski definition) is 3. The first kappa shape index (κ1) is 14.0. The Bertz CT molecular complexity index is 953. The molecule has 112 valence electrons. The first-order valence-corrected chi connectivity index (χ1v) is 6.68. The van der Waals surface area contributed by atoms with Crippen molar-refractivity contribution in [2.24, 2.45) is 0 Å². The molecule has 0 aliphatic heterocycles. The second-order valence-corrected chi connectivity index (χ2v) is 5.22. The van der Waals surface area contributed by atoms with E-state index in [1.165, 1.54) is 12.1 Å². The van der Waals surface area contributed by atoms with Gasteiger partial charge in [-0.3, -0.25) is 4.79 Å². The Labute approximate surface area is 125 Å². The highest BCUT2D eigenvalue weighted by molar-refractivity contribution is 5.87. The number of phenolic OH excluding ortho intramolecular Hbond substituents is 3. The van der Waals surface area contributed by atoms with Gasteiger partial charge in [0.2, 0.25) is 0 Å². The molecule has 1 aromatic heterocycles. The normalized spacial score (nSPS) is 11.0. The largest absolute Gasteiger partial charge is 0.508 e. The zero-order chi connectivity index (χ0) is 16.0. The van der Waals surface area contributed by atoms with Crippen molar-refractivity contribution in [1.29, 1.82) is 0 Å². The van der Waals surface area contributed by atoms with Gasteiger partial charge < -0.3 is 19.7 Å². The third kappa shape index (κ3) is 2.07. The van der Waals surface area contributed by atoms with Crippen molar-refractivity contribution < 1.29 is 19.7 Å².